The molecule has 144 heavy (non-hydrogen) atoms. The van der Waals surface area contributed by atoms with Crippen LogP contribution in [-0.4, -0.2) is 28.2 Å². The van der Waals surface area contributed by atoms with E-state index in [-0.39, 0.29) is 0 Å². The molecule has 0 unspecified atom stereocenters. The van der Waals surface area contributed by atoms with Gasteiger partial charge in [-0.2, -0.15) is 21.0 Å². The first-order valence-corrected chi connectivity index (χ1v) is 46.9. The summed E-state index contributed by atoms with van der Waals surface area (Å²) < 4.78 is 8.95. The minimum atomic E-state index is 0.529. The highest BCUT2D eigenvalue weighted by molar-refractivity contribution is 6.26. The van der Waals surface area contributed by atoms with Crippen molar-refractivity contribution >= 4 is 153 Å². The molecule has 6 heterocycles. The lowest BCUT2D eigenvalue weighted by Crippen LogP contribution is -1.99. The van der Waals surface area contributed by atoms with Gasteiger partial charge in [0.15, 0.2) is 22.7 Å². The smallest absolute Gasteiger partial charge is 0.188 e. The Morgan fingerprint density at radius 1 is 0.181 bits per heavy atom. The third kappa shape index (κ3) is 14.1. The van der Waals surface area contributed by atoms with Crippen LogP contribution in [0.2, 0.25) is 0 Å². The van der Waals surface area contributed by atoms with Crippen LogP contribution in [0, 0.1) is 71.6 Å². The molecule has 0 spiro atoms. The molecule has 26 aromatic rings. The van der Waals surface area contributed by atoms with Gasteiger partial charge < -0.3 is 18.3 Å². The highest BCUT2D eigenvalue weighted by Crippen LogP contribution is 2.53. The molecule has 0 saturated carbocycles. The van der Waals surface area contributed by atoms with Crippen LogP contribution in [0.15, 0.2) is 425 Å². The van der Waals surface area contributed by atoms with Gasteiger partial charge in [-0.15, -0.1) is 0 Å². The summed E-state index contributed by atoms with van der Waals surface area (Å²) in [5, 5.41) is 55.3. The zero-order valence-corrected chi connectivity index (χ0v) is 76.7. The predicted molar refractivity (Wildman–Crippen MR) is 583 cm³/mol. The molecule has 0 fully saturated rings. The molecule has 0 bridgehead atoms. The summed E-state index contributed by atoms with van der Waals surface area (Å²) >= 11 is 0. The molecule has 0 atom stereocenters. The second-order valence-corrected chi connectivity index (χ2v) is 35.9. The summed E-state index contributed by atoms with van der Waals surface area (Å²) in [4.78, 5) is 25.0. The minimum Gasteiger partial charge on any atom is -0.309 e. The lowest BCUT2D eigenvalue weighted by atomic mass is 9.83. The van der Waals surface area contributed by atoms with Crippen LogP contribution in [0.3, 0.4) is 0 Å². The molecule has 0 saturated heterocycles. The third-order valence-electron chi connectivity index (χ3n) is 27.9. The quantitative estimate of drug-likeness (QED) is 0.0875. The van der Waals surface area contributed by atoms with Crippen LogP contribution in [0.4, 0.5) is 22.7 Å². The van der Waals surface area contributed by atoms with E-state index >= 15 is 0 Å². The normalized spacial score (nSPS) is 11.3. The van der Waals surface area contributed by atoms with Gasteiger partial charge in [0.25, 0.3) is 0 Å². The number of rotatable bonds is 12. The van der Waals surface area contributed by atoms with E-state index in [4.69, 9.17) is 36.3 Å². The van der Waals surface area contributed by atoms with Crippen molar-refractivity contribution in [1.82, 2.24) is 28.2 Å². The van der Waals surface area contributed by atoms with Crippen molar-refractivity contribution < 1.29 is 0 Å². The summed E-state index contributed by atoms with van der Waals surface area (Å²) in [5.41, 5.74) is 32.0. The molecule has 26 rings (SSSR count). The molecule has 0 aliphatic carbocycles. The van der Waals surface area contributed by atoms with Crippen LogP contribution >= 0.6 is 0 Å². The van der Waals surface area contributed by atoms with Gasteiger partial charge in [-0.05, 0) is 362 Å². The first kappa shape index (κ1) is 84.6. The Hall–Kier alpha value is -21.1. The van der Waals surface area contributed by atoms with Crippen molar-refractivity contribution in [3.05, 3.63) is 493 Å². The Labute approximate surface area is 825 Å². The van der Waals surface area contributed by atoms with Gasteiger partial charge in [-0.25, -0.2) is 19.4 Å². The van der Waals surface area contributed by atoms with E-state index in [0.717, 1.165) is 242 Å². The molecule has 14 heteroatoms. The number of nitrogens with zero attached hydrogens (tertiary/aromatic N) is 14. The number of pyridine rings is 2. The molecular weight excluding hydrogens is 1760 g/mol. The standard InChI is InChI=1S/C78H44N6.C52H26N8/c1-81-61-25-33-75-69(43-61)67-35-49(47-79)23-31-73(67)83(75)63-27-29-65-71(45-63)77(59-39-55(51-15-7-3-8-16-51)37-56(40-59)52-17-9-4-10-18-52)66-30-28-64(84-74-32-24-50(48-80)36-68(74)70-44-62(82-2)26-34-76(70)84)46-72(66)78(65)60-41-57(53-19-11-5-12-20-53)38-58(42-60)54-21-13-6-14-22-54;1-55-33-11-19-49-41(25-33)39-23-31(29-53)9-17-47(39)59(49)35-13-15-37-43(27-35)51(45-7-3-5-21-57-45)38-16-14-36(28-44(38)52(37)46-8-4-6-22-58-46)60-48-18-10-32(30-54)24-40(48)42-26-34(56-2)12-20-50(42)60/h3-46H;3-28H. The van der Waals surface area contributed by atoms with Crippen LogP contribution in [0.5, 0.6) is 0 Å². The zero-order valence-electron chi connectivity index (χ0n) is 76.7. The van der Waals surface area contributed by atoms with Crippen molar-refractivity contribution in [2.45, 2.75) is 0 Å². The van der Waals surface area contributed by atoms with E-state index in [9.17, 15) is 21.0 Å². The van der Waals surface area contributed by atoms with E-state index in [1.807, 2.05) is 194 Å². The maximum atomic E-state index is 10.2. The first-order chi connectivity index (χ1) is 71.0. The van der Waals surface area contributed by atoms with Gasteiger partial charge in [-0.1, -0.05) is 182 Å². The zero-order chi connectivity index (χ0) is 96.9. The fraction of sp³-hybridized carbons (Fsp3) is 0. The average molecular weight is 1830 g/mol. The van der Waals surface area contributed by atoms with Gasteiger partial charge in [0.2, 0.25) is 0 Å². The largest absolute Gasteiger partial charge is 0.309 e. The topological polar surface area (TPSA) is 158 Å². The Bertz CT molecular complexity index is 9380. The number of fused-ring (bicyclic) bond motifs is 16. The lowest BCUT2D eigenvalue weighted by molar-refractivity contribution is 1.18. The third-order valence-corrected chi connectivity index (χ3v) is 27.9. The lowest BCUT2D eigenvalue weighted by Gasteiger charge is -2.22. The highest BCUT2D eigenvalue weighted by Gasteiger charge is 2.28. The summed E-state index contributed by atoms with van der Waals surface area (Å²) in [7, 11) is 0. The number of hydrogen-bond acceptors (Lipinski definition) is 6. The SMILES string of the molecule is [C-]#[N+]c1ccc2c(c1)c1cc(C#N)ccc1n2-c1ccc2c(-c3cc(-c4ccccc4)cc(-c4ccccc4)c3)c3cc(-n4c5ccc(C#N)cc5c5cc([N+]#[C-])ccc54)ccc3c(-c3cc(-c4ccccc4)cc(-c4ccccc4)c3)c2c1.[C-]#[N+]c1ccc2c(c1)c1cc(C#N)ccc1n2-c1ccc2c(-c3ccccn3)c3cc(-n4c5ccc(C#N)cc5c5cc([N+]#[C-])ccc54)ccc3c(-c3ccccn3)c2c1. The monoisotopic (exact) mass is 1830 g/mol. The van der Waals surface area contributed by atoms with Crippen LogP contribution in [0.1, 0.15) is 22.3 Å². The van der Waals surface area contributed by atoms with E-state index in [0.29, 0.717) is 45.0 Å². The molecule has 0 aliphatic heterocycles. The van der Waals surface area contributed by atoms with Gasteiger partial charge in [0.1, 0.15) is 0 Å². The van der Waals surface area contributed by atoms with Crippen molar-refractivity contribution in [2.75, 3.05) is 0 Å². The first-order valence-electron chi connectivity index (χ1n) is 46.9. The van der Waals surface area contributed by atoms with E-state index in [1.54, 1.807) is 0 Å². The van der Waals surface area contributed by atoms with Crippen LogP contribution < -0.4 is 0 Å². The Kier molecular flexibility index (Phi) is 20.3. The van der Waals surface area contributed by atoms with E-state index in [2.05, 4.69) is 292 Å². The van der Waals surface area contributed by atoms with Gasteiger partial charge in [0.05, 0.1) is 128 Å². The summed E-state index contributed by atoms with van der Waals surface area (Å²) in [6, 6.07) is 150. The maximum Gasteiger partial charge on any atom is 0.188 e. The van der Waals surface area contributed by atoms with Gasteiger partial charge in [0, 0.05) is 67.8 Å². The van der Waals surface area contributed by atoms with Crippen molar-refractivity contribution in [3.8, 4) is 136 Å². The fourth-order valence-electron chi connectivity index (χ4n) is 21.6. The fourth-order valence-corrected chi connectivity index (χ4v) is 21.6. The molecule has 0 amide bonds. The Balaban J connectivity index is 0.000000159. The van der Waals surface area contributed by atoms with Crippen molar-refractivity contribution in [1.29, 1.82) is 21.0 Å². The van der Waals surface area contributed by atoms with Crippen LogP contribution in [-0.2, 0) is 0 Å². The summed E-state index contributed by atoms with van der Waals surface area (Å²) in [6.07, 6.45) is 3.63. The van der Waals surface area contributed by atoms with Crippen molar-refractivity contribution in [3.63, 3.8) is 0 Å². The minimum absolute atomic E-state index is 0.529. The number of aromatic nitrogens is 6. The second kappa shape index (κ2) is 34.6. The summed E-state index contributed by atoms with van der Waals surface area (Å²) in [5.74, 6) is 0. The van der Waals surface area contributed by atoms with Crippen LogP contribution in [0.25, 0.3) is 262 Å². The maximum absolute atomic E-state index is 10.2. The summed E-state index contributed by atoms with van der Waals surface area (Å²) in [6.45, 7) is 31.4. The predicted octanol–water partition coefficient (Wildman–Crippen LogP) is 34.2. The second-order valence-electron chi connectivity index (χ2n) is 35.9. The Morgan fingerprint density at radius 3 is 0.639 bits per heavy atom. The molecule has 0 N–H and O–H groups in total. The molecule has 14 nitrogen and oxygen atoms in total. The molecule has 6 aromatic heterocycles. The number of hydrogen-bond donors (Lipinski definition) is 0. The highest BCUT2D eigenvalue weighted by atomic mass is 15.0. The van der Waals surface area contributed by atoms with Gasteiger partial charge in [-0.3, -0.25) is 9.97 Å². The molecule has 20 aromatic carbocycles. The van der Waals surface area contributed by atoms with E-state index < -0.39 is 0 Å². The number of nitriles is 4. The number of benzene rings is 20. The molecule has 660 valence electrons. The van der Waals surface area contributed by atoms with Crippen molar-refractivity contribution in [2.24, 2.45) is 0 Å². The molecule has 0 radical (unpaired) electrons. The Morgan fingerprint density at radius 2 is 0.403 bits per heavy atom. The van der Waals surface area contributed by atoms with Gasteiger partial charge >= 0.3 is 0 Å². The van der Waals surface area contributed by atoms with E-state index in [1.165, 1.54) is 0 Å². The molecule has 0 aliphatic rings. The average Bonchev–Trinajstić information content (AvgIpc) is 1.14. The molecular formula is C130H70N14.